The van der Waals surface area contributed by atoms with Crippen molar-refractivity contribution in [2.75, 3.05) is 0 Å². The van der Waals surface area contributed by atoms with Gasteiger partial charge in [0.25, 0.3) is 0 Å². The van der Waals surface area contributed by atoms with Gasteiger partial charge in [-0.1, -0.05) is 26.0 Å². The lowest BCUT2D eigenvalue weighted by Gasteiger charge is -2.15. The number of hydrogen-bond donors (Lipinski definition) is 1. The van der Waals surface area contributed by atoms with Gasteiger partial charge in [-0.3, -0.25) is 4.99 Å². The number of rotatable bonds is 0. The van der Waals surface area contributed by atoms with E-state index in [4.69, 9.17) is 0 Å². The monoisotopic (exact) mass is 161 g/mol. The number of para-hydroxylation sites is 1. The molecule has 2 rings (SSSR count). The largest absolute Gasteiger partial charge is 0.506 e. The second kappa shape index (κ2) is 2.09. The number of hydrogen-bond acceptors (Lipinski definition) is 2. The Morgan fingerprint density at radius 1 is 1.33 bits per heavy atom. The molecule has 12 heavy (non-hydrogen) atoms. The molecule has 62 valence electrons. The molecule has 1 N–H and O–H groups in total. The van der Waals surface area contributed by atoms with Crippen molar-refractivity contribution in [3.63, 3.8) is 0 Å². The van der Waals surface area contributed by atoms with Crippen molar-refractivity contribution in [3.05, 3.63) is 23.8 Å². The van der Waals surface area contributed by atoms with E-state index in [2.05, 4.69) is 18.8 Å². The summed E-state index contributed by atoms with van der Waals surface area (Å²) >= 11 is 0. The maximum atomic E-state index is 9.45. The molecule has 0 unspecified atom stereocenters. The standard InChI is InChI=1S/C10H11NO/c1-10(2)6-11-9-7(10)4-3-5-8(9)12/h3-6,12H,1-2H3. The second-order valence-corrected chi connectivity index (χ2v) is 3.65. The summed E-state index contributed by atoms with van der Waals surface area (Å²) in [4.78, 5) is 4.18. The molecule has 0 aliphatic carbocycles. The third kappa shape index (κ3) is 0.843. The number of nitrogens with zero attached hydrogens (tertiary/aromatic N) is 1. The molecule has 1 aliphatic rings. The maximum absolute atomic E-state index is 9.45. The zero-order chi connectivity index (χ0) is 8.77. The Kier molecular flexibility index (Phi) is 1.28. The molecule has 1 aromatic rings. The van der Waals surface area contributed by atoms with Crippen LogP contribution in [0.2, 0.25) is 0 Å². The fraction of sp³-hybridized carbons (Fsp3) is 0.300. The Morgan fingerprint density at radius 3 is 2.75 bits per heavy atom. The summed E-state index contributed by atoms with van der Waals surface area (Å²) < 4.78 is 0. The summed E-state index contributed by atoms with van der Waals surface area (Å²) in [6.07, 6.45) is 1.87. The summed E-state index contributed by atoms with van der Waals surface area (Å²) in [6, 6.07) is 5.52. The maximum Gasteiger partial charge on any atom is 0.141 e. The third-order valence-electron chi connectivity index (χ3n) is 2.23. The molecule has 0 aromatic heterocycles. The van der Waals surface area contributed by atoms with E-state index in [0.717, 1.165) is 11.3 Å². The van der Waals surface area contributed by atoms with E-state index in [-0.39, 0.29) is 11.2 Å². The van der Waals surface area contributed by atoms with Crippen LogP contribution in [0.3, 0.4) is 0 Å². The van der Waals surface area contributed by atoms with Crippen molar-refractivity contribution in [2.45, 2.75) is 19.3 Å². The van der Waals surface area contributed by atoms with Gasteiger partial charge in [0, 0.05) is 11.6 Å². The van der Waals surface area contributed by atoms with Crippen LogP contribution in [0, 0.1) is 0 Å². The first-order valence-corrected chi connectivity index (χ1v) is 3.99. The summed E-state index contributed by atoms with van der Waals surface area (Å²) in [6.45, 7) is 4.17. The molecule has 2 nitrogen and oxygen atoms in total. The van der Waals surface area contributed by atoms with Crippen LogP contribution in [0.25, 0.3) is 0 Å². The van der Waals surface area contributed by atoms with Crippen LogP contribution >= 0.6 is 0 Å². The van der Waals surface area contributed by atoms with Crippen LogP contribution in [0.15, 0.2) is 23.2 Å². The fourth-order valence-electron chi connectivity index (χ4n) is 1.48. The smallest absolute Gasteiger partial charge is 0.141 e. The molecule has 2 heteroatoms. The van der Waals surface area contributed by atoms with E-state index < -0.39 is 0 Å². The average Bonchev–Trinajstić information content (AvgIpc) is 2.30. The number of benzene rings is 1. The van der Waals surface area contributed by atoms with Gasteiger partial charge in [0.15, 0.2) is 0 Å². The SMILES string of the molecule is CC1(C)C=Nc2c(O)cccc21. The van der Waals surface area contributed by atoms with Crippen LogP contribution in [-0.4, -0.2) is 11.3 Å². The topological polar surface area (TPSA) is 32.6 Å². The van der Waals surface area contributed by atoms with Gasteiger partial charge in [0.05, 0.1) is 0 Å². The molecule has 0 atom stereocenters. The van der Waals surface area contributed by atoms with Gasteiger partial charge in [-0.25, -0.2) is 0 Å². The average molecular weight is 161 g/mol. The highest BCUT2D eigenvalue weighted by atomic mass is 16.3. The molecule has 1 aromatic carbocycles. The summed E-state index contributed by atoms with van der Waals surface area (Å²) in [5, 5.41) is 9.45. The van der Waals surface area contributed by atoms with E-state index in [1.807, 2.05) is 18.3 Å². The van der Waals surface area contributed by atoms with E-state index in [0.29, 0.717) is 0 Å². The second-order valence-electron chi connectivity index (χ2n) is 3.65. The molecule has 0 amide bonds. The van der Waals surface area contributed by atoms with E-state index >= 15 is 0 Å². The highest BCUT2D eigenvalue weighted by molar-refractivity contribution is 5.86. The van der Waals surface area contributed by atoms with Crippen LogP contribution in [0.1, 0.15) is 19.4 Å². The van der Waals surface area contributed by atoms with Gasteiger partial charge in [-0.15, -0.1) is 0 Å². The Hall–Kier alpha value is -1.31. The van der Waals surface area contributed by atoms with Crippen molar-refractivity contribution in [3.8, 4) is 5.75 Å². The lowest BCUT2D eigenvalue weighted by Crippen LogP contribution is -2.14. The van der Waals surface area contributed by atoms with Crippen molar-refractivity contribution >= 4 is 11.9 Å². The number of phenols is 1. The van der Waals surface area contributed by atoms with E-state index in [1.165, 1.54) is 0 Å². The summed E-state index contributed by atoms with van der Waals surface area (Å²) in [5.74, 6) is 0.273. The number of aromatic hydroxyl groups is 1. The predicted octanol–water partition coefficient (Wildman–Crippen LogP) is 2.39. The number of aliphatic imine (C=N–C) groups is 1. The highest BCUT2D eigenvalue weighted by Crippen LogP contribution is 2.41. The lowest BCUT2D eigenvalue weighted by atomic mass is 9.87. The Balaban J connectivity index is 2.68. The van der Waals surface area contributed by atoms with Gasteiger partial charge in [0.2, 0.25) is 0 Å². The Morgan fingerprint density at radius 2 is 2.08 bits per heavy atom. The van der Waals surface area contributed by atoms with Gasteiger partial charge in [-0.2, -0.15) is 0 Å². The van der Waals surface area contributed by atoms with Crippen LogP contribution in [-0.2, 0) is 5.41 Å². The van der Waals surface area contributed by atoms with Crippen LogP contribution < -0.4 is 0 Å². The molecule has 1 aliphatic heterocycles. The van der Waals surface area contributed by atoms with Crippen molar-refractivity contribution < 1.29 is 5.11 Å². The molecular formula is C10H11NO. The lowest BCUT2D eigenvalue weighted by molar-refractivity contribution is 0.476. The van der Waals surface area contributed by atoms with Crippen molar-refractivity contribution in [1.29, 1.82) is 0 Å². The Bertz CT molecular complexity index is 353. The normalized spacial score (nSPS) is 17.8. The van der Waals surface area contributed by atoms with E-state index in [9.17, 15) is 5.11 Å². The molecule has 0 spiro atoms. The van der Waals surface area contributed by atoms with Gasteiger partial charge >= 0.3 is 0 Å². The minimum Gasteiger partial charge on any atom is -0.506 e. The molecule has 0 saturated heterocycles. The first kappa shape index (κ1) is 7.35. The molecule has 0 radical (unpaired) electrons. The minimum atomic E-state index is -0.0337. The molecular weight excluding hydrogens is 150 g/mol. The van der Waals surface area contributed by atoms with Gasteiger partial charge in [-0.05, 0) is 11.6 Å². The van der Waals surface area contributed by atoms with Crippen LogP contribution in [0.4, 0.5) is 5.69 Å². The number of fused-ring (bicyclic) bond motifs is 1. The van der Waals surface area contributed by atoms with Gasteiger partial charge in [0.1, 0.15) is 11.4 Å². The molecule has 0 fully saturated rings. The highest BCUT2D eigenvalue weighted by Gasteiger charge is 2.27. The zero-order valence-corrected chi connectivity index (χ0v) is 7.20. The number of phenolic OH excluding ortho intramolecular Hbond substituents is 1. The first-order valence-electron chi connectivity index (χ1n) is 3.99. The quantitative estimate of drug-likeness (QED) is 0.622. The predicted molar refractivity (Wildman–Crippen MR) is 49.3 cm³/mol. The molecule has 1 heterocycles. The summed E-state index contributed by atoms with van der Waals surface area (Å²) in [5.41, 5.74) is 1.79. The fourth-order valence-corrected chi connectivity index (χ4v) is 1.48. The third-order valence-corrected chi connectivity index (χ3v) is 2.23. The van der Waals surface area contributed by atoms with Gasteiger partial charge < -0.3 is 5.11 Å². The Labute approximate surface area is 71.6 Å². The minimum absolute atomic E-state index is 0.0337. The zero-order valence-electron chi connectivity index (χ0n) is 7.20. The van der Waals surface area contributed by atoms with Crippen molar-refractivity contribution in [1.82, 2.24) is 0 Å². The molecule has 0 saturated carbocycles. The van der Waals surface area contributed by atoms with Crippen molar-refractivity contribution in [2.24, 2.45) is 4.99 Å². The van der Waals surface area contributed by atoms with Crippen LogP contribution in [0.5, 0.6) is 5.75 Å². The van der Waals surface area contributed by atoms with E-state index in [1.54, 1.807) is 6.07 Å². The molecule has 0 bridgehead atoms. The first-order chi connectivity index (χ1) is 5.61. The summed E-state index contributed by atoms with van der Waals surface area (Å²) in [7, 11) is 0.